The second kappa shape index (κ2) is 8.60. The first-order chi connectivity index (χ1) is 12.1. The Kier molecular flexibility index (Phi) is 7.17. The van der Waals surface area contributed by atoms with Crippen LogP contribution in [0.3, 0.4) is 0 Å². The topological polar surface area (TPSA) is 35.5 Å². The molecule has 0 amide bonds. The Morgan fingerprint density at radius 3 is 2.42 bits per heavy atom. The van der Waals surface area contributed by atoms with Gasteiger partial charge in [-0.1, -0.05) is 47.0 Å². The highest BCUT2D eigenvalue weighted by Crippen LogP contribution is 2.66. The first kappa shape index (κ1) is 21.7. The van der Waals surface area contributed by atoms with E-state index in [2.05, 4.69) is 41.8 Å². The van der Waals surface area contributed by atoms with Gasteiger partial charge in [0.1, 0.15) is 6.54 Å². The van der Waals surface area contributed by atoms with E-state index in [0.29, 0.717) is 34.6 Å². The van der Waals surface area contributed by atoms with Crippen molar-refractivity contribution in [3.63, 3.8) is 0 Å². The molecule has 3 atom stereocenters. The second-order valence-electron chi connectivity index (χ2n) is 10.1. The van der Waals surface area contributed by atoms with Gasteiger partial charge in [0.2, 0.25) is 0 Å². The van der Waals surface area contributed by atoms with Crippen LogP contribution in [-0.2, 0) is 14.3 Å². The fourth-order valence-corrected chi connectivity index (χ4v) is 5.01. The smallest absolute Gasteiger partial charge is 0.361 e. The average molecular weight is 369 g/mol. The van der Waals surface area contributed by atoms with Gasteiger partial charge in [-0.3, -0.25) is 0 Å². The van der Waals surface area contributed by atoms with E-state index in [1.165, 1.54) is 32.1 Å². The van der Waals surface area contributed by atoms with Crippen molar-refractivity contribution in [2.75, 3.05) is 40.4 Å². The fraction of sp³-hybridized carbons (Fsp3) is 0.955. The number of carbonyl (C=O) groups is 1. The van der Waals surface area contributed by atoms with Crippen LogP contribution in [0.1, 0.15) is 72.6 Å². The number of hydrogen-bond donors (Lipinski definition) is 0. The van der Waals surface area contributed by atoms with Crippen LogP contribution in [0.2, 0.25) is 0 Å². The van der Waals surface area contributed by atoms with Crippen LogP contribution in [0.25, 0.3) is 0 Å². The van der Waals surface area contributed by atoms with Gasteiger partial charge in [-0.05, 0) is 42.4 Å². The van der Waals surface area contributed by atoms with Crippen molar-refractivity contribution in [1.29, 1.82) is 0 Å². The summed E-state index contributed by atoms with van der Waals surface area (Å²) in [6.45, 7) is 12.0. The SMILES string of the molecule is CCCCCCOC(=O)C[N+](C)(C)CCO[C@H]1C[C@H]2CC[C@]1(C)C2(C)C. The lowest BCUT2D eigenvalue weighted by Gasteiger charge is -2.39. The molecular weight excluding hydrogens is 326 g/mol. The highest BCUT2D eigenvalue weighted by molar-refractivity contribution is 5.70. The lowest BCUT2D eigenvalue weighted by atomic mass is 9.70. The highest BCUT2D eigenvalue weighted by atomic mass is 16.5. The van der Waals surface area contributed by atoms with Gasteiger partial charge >= 0.3 is 5.97 Å². The predicted molar refractivity (Wildman–Crippen MR) is 106 cm³/mol. The summed E-state index contributed by atoms with van der Waals surface area (Å²) < 4.78 is 12.4. The number of likely N-dealkylation sites (N-methyl/N-ethyl adjacent to an activating group) is 1. The molecule has 2 saturated carbocycles. The molecule has 2 bridgehead atoms. The Balaban J connectivity index is 1.68. The molecule has 4 nitrogen and oxygen atoms in total. The summed E-state index contributed by atoms with van der Waals surface area (Å²) in [7, 11) is 4.18. The zero-order chi connectivity index (χ0) is 19.4. The van der Waals surface area contributed by atoms with Crippen molar-refractivity contribution in [1.82, 2.24) is 0 Å². The molecule has 0 radical (unpaired) electrons. The molecule has 0 spiro atoms. The zero-order valence-electron chi connectivity index (χ0n) is 18.1. The molecule has 4 heteroatoms. The summed E-state index contributed by atoms with van der Waals surface area (Å²) in [5, 5.41) is 0. The van der Waals surface area contributed by atoms with E-state index in [9.17, 15) is 4.79 Å². The van der Waals surface area contributed by atoms with Crippen molar-refractivity contribution >= 4 is 5.97 Å². The van der Waals surface area contributed by atoms with Crippen molar-refractivity contribution in [3.05, 3.63) is 0 Å². The summed E-state index contributed by atoms with van der Waals surface area (Å²) in [5.41, 5.74) is 0.704. The van der Waals surface area contributed by atoms with Crippen molar-refractivity contribution in [2.45, 2.75) is 78.7 Å². The Labute approximate surface area is 161 Å². The van der Waals surface area contributed by atoms with Gasteiger partial charge in [0.25, 0.3) is 0 Å². The summed E-state index contributed by atoms with van der Waals surface area (Å²) >= 11 is 0. The lowest BCUT2D eigenvalue weighted by molar-refractivity contribution is -0.883. The molecule has 2 aliphatic rings. The minimum Gasteiger partial charge on any atom is -0.462 e. The second-order valence-corrected chi connectivity index (χ2v) is 10.1. The fourth-order valence-electron chi connectivity index (χ4n) is 5.01. The van der Waals surface area contributed by atoms with E-state index in [1.54, 1.807) is 0 Å². The van der Waals surface area contributed by atoms with Gasteiger partial charge in [0.15, 0.2) is 6.54 Å². The van der Waals surface area contributed by atoms with Gasteiger partial charge in [-0.2, -0.15) is 0 Å². The predicted octanol–water partition coefficient (Wildman–Crippen LogP) is 4.42. The number of esters is 1. The number of hydrogen-bond acceptors (Lipinski definition) is 3. The van der Waals surface area contributed by atoms with Gasteiger partial charge in [0, 0.05) is 0 Å². The molecule has 0 aromatic heterocycles. The number of carbonyl (C=O) groups excluding carboxylic acids is 1. The van der Waals surface area contributed by atoms with E-state index in [4.69, 9.17) is 9.47 Å². The van der Waals surface area contributed by atoms with E-state index < -0.39 is 0 Å². The molecule has 0 heterocycles. The van der Waals surface area contributed by atoms with Crippen LogP contribution in [-0.4, -0.2) is 57.0 Å². The van der Waals surface area contributed by atoms with Crippen LogP contribution >= 0.6 is 0 Å². The minimum absolute atomic E-state index is 0.0838. The van der Waals surface area contributed by atoms with Crippen LogP contribution in [0, 0.1) is 16.7 Å². The zero-order valence-corrected chi connectivity index (χ0v) is 18.1. The third-order valence-electron chi connectivity index (χ3n) is 7.55. The molecule has 0 N–H and O–H groups in total. The summed E-state index contributed by atoms with van der Waals surface area (Å²) in [4.78, 5) is 12.1. The first-order valence-corrected chi connectivity index (χ1v) is 10.7. The van der Waals surface area contributed by atoms with Crippen LogP contribution in [0.5, 0.6) is 0 Å². The average Bonchev–Trinajstić information content (AvgIpc) is 2.87. The first-order valence-electron chi connectivity index (χ1n) is 10.7. The minimum atomic E-state index is -0.0838. The molecule has 0 aromatic carbocycles. The van der Waals surface area contributed by atoms with E-state index in [-0.39, 0.29) is 5.97 Å². The maximum Gasteiger partial charge on any atom is 0.361 e. The molecule has 2 rings (SSSR count). The number of quaternary nitrogens is 1. The summed E-state index contributed by atoms with van der Waals surface area (Å²) in [5.74, 6) is 0.724. The molecule has 2 aliphatic carbocycles. The molecule has 152 valence electrons. The van der Waals surface area contributed by atoms with Gasteiger partial charge < -0.3 is 14.0 Å². The van der Waals surface area contributed by atoms with Crippen LogP contribution in [0.15, 0.2) is 0 Å². The highest BCUT2D eigenvalue weighted by Gasteiger charge is 2.61. The number of ether oxygens (including phenoxy) is 2. The third kappa shape index (κ3) is 4.81. The molecule has 0 aliphatic heterocycles. The molecule has 26 heavy (non-hydrogen) atoms. The van der Waals surface area contributed by atoms with Gasteiger partial charge in [0.05, 0.1) is 33.4 Å². The van der Waals surface area contributed by atoms with Crippen LogP contribution < -0.4 is 0 Å². The Morgan fingerprint density at radius 2 is 1.85 bits per heavy atom. The number of unbranched alkanes of at least 4 members (excludes halogenated alkanes) is 3. The lowest BCUT2D eigenvalue weighted by Crippen LogP contribution is -2.47. The van der Waals surface area contributed by atoms with Gasteiger partial charge in [-0.15, -0.1) is 0 Å². The van der Waals surface area contributed by atoms with Crippen molar-refractivity contribution in [2.24, 2.45) is 16.7 Å². The van der Waals surface area contributed by atoms with Gasteiger partial charge in [-0.25, -0.2) is 4.79 Å². The monoisotopic (exact) mass is 368 g/mol. The quantitative estimate of drug-likeness (QED) is 0.308. The standard InChI is InChI=1S/C22H42NO3/c1-7-8-9-10-14-26-20(24)17-23(5,6)13-15-25-19-16-18-11-12-22(19,4)21(18,2)3/h18-19H,7-17H2,1-6H3/q+1/t18-,19+,22+/m1/s1. The number of rotatable bonds is 11. The van der Waals surface area contributed by atoms with E-state index in [0.717, 1.165) is 31.9 Å². The van der Waals surface area contributed by atoms with E-state index in [1.807, 2.05) is 0 Å². The number of fused-ring (bicyclic) bond motifs is 2. The summed E-state index contributed by atoms with van der Waals surface area (Å²) in [6, 6.07) is 0. The molecule has 0 unspecified atom stereocenters. The molecule has 2 fully saturated rings. The maximum atomic E-state index is 12.1. The van der Waals surface area contributed by atoms with E-state index >= 15 is 0 Å². The Morgan fingerprint density at radius 1 is 1.12 bits per heavy atom. The molecule has 0 aromatic rings. The Bertz CT molecular complexity index is 474. The van der Waals surface area contributed by atoms with Crippen molar-refractivity contribution in [3.8, 4) is 0 Å². The van der Waals surface area contributed by atoms with Crippen LogP contribution in [0.4, 0.5) is 0 Å². The van der Waals surface area contributed by atoms with Crippen molar-refractivity contribution < 1.29 is 18.8 Å². The summed E-state index contributed by atoms with van der Waals surface area (Å²) in [6.07, 6.45) is 8.77. The Hall–Kier alpha value is -0.610. The maximum absolute atomic E-state index is 12.1. The third-order valence-corrected chi connectivity index (χ3v) is 7.55. The largest absolute Gasteiger partial charge is 0.462 e. The normalized spacial score (nSPS) is 29.9. The molecular formula is C22H42NO3+. The number of nitrogens with zero attached hydrogens (tertiary/aromatic N) is 1. The molecule has 0 saturated heterocycles.